The lowest BCUT2D eigenvalue weighted by Gasteiger charge is -2.24. The fraction of sp³-hybridized carbons (Fsp3) is 0.360. The standard InChI is InChI=1S/C25H29ClFN3O4S/c1-18(2)15-30-23(14-28-25(30)35(32,33)17-19-5-4-6-21(26)13-19)16-29(11-12-34-3)24(31)20-7-9-22(27)10-8-20/h4-10,13-14,18H,11-12,15-17H2,1-3H3. The van der Waals surface area contributed by atoms with Crippen molar-refractivity contribution in [2.75, 3.05) is 20.3 Å². The van der Waals surface area contributed by atoms with E-state index < -0.39 is 15.7 Å². The summed E-state index contributed by atoms with van der Waals surface area (Å²) in [4.78, 5) is 19.0. The zero-order valence-electron chi connectivity index (χ0n) is 19.9. The van der Waals surface area contributed by atoms with Gasteiger partial charge < -0.3 is 14.2 Å². The van der Waals surface area contributed by atoms with Gasteiger partial charge in [-0.2, -0.15) is 0 Å². The maximum absolute atomic E-state index is 13.3. The third-order valence-corrected chi connectivity index (χ3v) is 7.10. The summed E-state index contributed by atoms with van der Waals surface area (Å²) in [5.41, 5.74) is 1.47. The molecule has 0 aliphatic heterocycles. The van der Waals surface area contributed by atoms with Gasteiger partial charge in [0.05, 0.1) is 30.8 Å². The summed E-state index contributed by atoms with van der Waals surface area (Å²) in [6, 6.07) is 12.0. The molecule has 0 aliphatic rings. The SMILES string of the molecule is COCCN(Cc1cnc(S(=O)(=O)Cc2cccc(Cl)c2)n1CC(C)C)C(=O)c1ccc(F)cc1. The second-order valence-corrected chi connectivity index (χ2v) is 11.0. The van der Waals surface area contributed by atoms with Crippen LogP contribution in [0.15, 0.2) is 59.9 Å². The quantitative estimate of drug-likeness (QED) is 0.368. The molecule has 10 heteroatoms. The minimum absolute atomic E-state index is 0.0536. The van der Waals surface area contributed by atoms with Crippen molar-refractivity contribution in [3.05, 3.63) is 82.4 Å². The van der Waals surface area contributed by atoms with Gasteiger partial charge in [0.25, 0.3) is 5.91 Å². The van der Waals surface area contributed by atoms with Gasteiger partial charge in [0.2, 0.25) is 15.0 Å². The molecule has 35 heavy (non-hydrogen) atoms. The molecule has 0 fully saturated rings. The number of carbonyl (C=O) groups excluding carboxylic acids is 1. The molecule has 0 aliphatic carbocycles. The summed E-state index contributed by atoms with van der Waals surface area (Å²) in [7, 11) is -2.26. The normalized spacial score (nSPS) is 11.7. The second kappa shape index (κ2) is 11.8. The lowest BCUT2D eigenvalue weighted by molar-refractivity contribution is 0.0675. The van der Waals surface area contributed by atoms with Gasteiger partial charge in [0.1, 0.15) is 5.82 Å². The Labute approximate surface area is 210 Å². The van der Waals surface area contributed by atoms with Crippen LogP contribution in [0.1, 0.15) is 35.5 Å². The van der Waals surface area contributed by atoms with Gasteiger partial charge in [-0.1, -0.05) is 37.6 Å². The maximum atomic E-state index is 13.3. The number of methoxy groups -OCH3 is 1. The number of benzene rings is 2. The van der Waals surface area contributed by atoms with Crippen LogP contribution < -0.4 is 0 Å². The number of carbonyl (C=O) groups is 1. The Bertz CT molecular complexity index is 1260. The van der Waals surface area contributed by atoms with Crippen LogP contribution >= 0.6 is 11.6 Å². The van der Waals surface area contributed by atoms with Gasteiger partial charge in [-0.3, -0.25) is 4.79 Å². The zero-order chi connectivity index (χ0) is 25.6. The van der Waals surface area contributed by atoms with Crippen molar-refractivity contribution in [1.29, 1.82) is 0 Å². The molecule has 0 atom stereocenters. The van der Waals surface area contributed by atoms with Crippen molar-refractivity contribution in [3.63, 3.8) is 0 Å². The molecule has 7 nitrogen and oxygen atoms in total. The molecule has 1 aromatic heterocycles. The van der Waals surface area contributed by atoms with E-state index in [4.69, 9.17) is 16.3 Å². The average Bonchev–Trinajstić information content (AvgIpc) is 3.18. The van der Waals surface area contributed by atoms with Crippen LogP contribution in [-0.4, -0.2) is 49.0 Å². The maximum Gasteiger partial charge on any atom is 0.254 e. The van der Waals surface area contributed by atoms with E-state index in [0.717, 1.165) is 0 Å². The first-order valence-corrected chi connectivity index (χ1v) is 13.2. The van der Waals surface area contributed by atoms with E-state index in [1.807, 2.05) is 13.8 Å². The van der Waals surface area contributed by atoms with Crippen LogP contribution in [0, 0.1) is 11.7 Å². The Balaban J connectivity index is 1.95. The molecule has 0 radical (unpaired) electrons. The number of halogens is 2. The van der Waals surface area contributed by atoms with E-state index in [-0.39, 0.29) is 42.4 Å². The highest BCUT2D eigenvalue weighted by molar-refractivity contribution is 7.90. The minimum atomic E-state index is -3.79. The molecule has 0 unspecified atom stereocenters. The highest BCUT2D eigenvalue weighted by atomic mass is 35.5. The number of nitrogens with zero attached hydrogens (tertiary/aromatic N) is 3. The third-order valence-electron chi connectivity index (χ3n) is 5.27. The van der Waals surface area contributed by atoms with Gasteiger partial charge in [-0.05, 0) is 47.9 Å². The topological polar surface area (TPSA) is 81.5 Å². The van der Waals surface area contributed by atoms with E-state index in [9.17, 15) is 17.6 Å². The Kier molecular flexibility index (Phi) is 9.04. The van der Waals surface area contributed by atoms with Crippen molar-refractivity contribution in [2.45, 2.75) is 37.8 Å². The number of hydrogen-bond acceptors (Lipinski definition) is 5. The van der Waals surface area contributed by atoms with Gasteiger partial charge in [-0.15, -0.1) is 0 Å². The van der Waals surface area contributed by atoms with Gasteiger partial charge in [0, 0.05) is 30.8 Å². The van der Waals surface area contributed by atoms with E-state index >= 15 is 0 Å². The third kappa shape index (κ3) is 7.13. The molecule has 188 valence electrons. The fourth-order valence-corrected chi connectivity index (χ4v) is 5.36. The van der Waals surface area contributed by atoms with Crippen LogP contribution in [0.4, 0.5) is 4.39 Å². The number of rotatable bonds is 11. The summed E-state index contributed by atoms with van der Waals surface area (Å²) < 4.78 is 46.8. The monoisotopic (exact) mass is 521 g/mol. The smallest absolute Gasteiger partial charge is 0.254 e. The van der Waals surface area contributed by atoms with Crippen LogP contribution in [0.25, 0.3) is 0 Å². The van der Waals surface area contributed by atoms with Gasteiger partial charge in [-0.25, -0.2) is 17.8 Å². The zero-order valence-corrected chi connectivity index (χ0v) is 21.5. The highest BCUT2D eigenvalue weighted by Crippen LogP contribution is 2.22. The Hall–Kier alpha value is -2.75. The van der Waals surface area contributed by atoms with E-state index in [0.29, 0.717) is 28.4 Å². The summed E-state index contributed by atoms with van der Waals surface area (Å²) in [6.45, 7) is 5.02. The molecule has 0 saturated heterocycles. The second-order valence-electron chi connectivity index (χ2n) is 8.65. The Morgan fingerprint density at radius 1 is 1.20 bits per heavy atom. The molecule has 0 saturated carbocycles. The molecule has 1 amide bonds. The van der Waals surface area contributed by atoms with Crippen LogP contribution in [0.2, 0.25) is 5.02 Å². The Morgan fingerprint density at radius 3 is 2.54 bits per heavy atom. The van der Waals surface area contributed by atoms with Crippen LogP contribution in [0.3, 0.4) is 0 Å². The number of ether oxygens (including phenoxy) is 1. The number of hydrogen-bond donors (Lipinski definition) is 0. The molecular formula is C25H29ClFN3O4S. The first-order valence-electron chi connectivity index (χ1n) is 11.2. The molecule has 3 rings (SSSR count). The van der Waals surface area contributed by atoms with E-state index in [1.165, 1.54) is 42.5 Å². The Morgan fingerprint density at radius 2 is 1.91 bits per heavy atom. The number of amides is 1. The largest absolute Gasteiger partial charge is 0.383 e. The summed E-state index contributed by atoms with van der Waals surface area (Å²) in [6.07, 6.45) is 1.49. The van der Waals surface area contributed by atoms with Crippen LogP contribution in [0.5, 0.6) is 0 Å². The van der Waals surface area contributed by atoms with Crippen molar-refractivity contribution < 1.29 is 22.3 Å². The number of imidazole rings is 1. The van der Waals surface area contributed by atoms with E-state index in [1.54, 1.807) is 28.8 Å². The molecule has 0 bridgehead atoms. The first-order chi connectivity index (χ1) is 16.6. The minimum Gasteiger partial charge on any atom is -0.383 e. The lowest BCUT2D eigenvalue weighted by atomic mass is 10.2. The van der Waals surface area contributed by atoms with Crippen molar-refractivity contribution in [3.8, 4) is 0 Å². The fourth-order valence-electron chi connectivity index (χ4n) is 3.66. The predicted molar refractivity (Wildman–Crippen MR) is 132 cm³/mol. The molecular weight excluding hydrogens is 493 g/mol. The summed E-state index contributed by atoms with van der Waals surface area (Å²) in [5.74, 6) is -0.871. The molecule has 0 spiro atoms. The number of sulfone groups is 1. The first kappa shape index (κ1) is 26.8. The predicted octanol–water partition coefficient (Wildman–Crippen LogP) is 4.59. The lowest BCUT2D eigenvalue weighted by Crippen LogP contribution is -2.34. The van der Waals surface area contributed by atoms with Crippen molar-refractivity contribution in [2.24, 2.45) is 5.92 Å². The number of aromatic nitrogens is 2. The van der Waals surface area contributed by atoms with E-state index in [2.05, 4.69) is 4.98 Å². The van der Waals surface area contributed by atoms with Gasteiger partial charge in [0.15, 0.2) is 0 Å². The molecule has 1 heterocycles. The van der Waals surface area contributed by atoms with Crippen molar-refractivity contribution >= 4 is 27.3 Å². The molecule has 2 aromatic carbocycles. The highest BCUT2D eigenvalue weighted by Gasteiger charge is 2.26. The van der Waals surface area contributed by atoms with Crippen LogP contribution in [-0.2, 0) is 33.4 Å². The summed E-state index contributed by atoms with van der Waals surface area (Å²) >= 11 is 6.03. The summed E-state index contributed by atoms with van der Waals surface area (Å²) in [5, 5.41) is 0.402. The molecule has 3 aromatic rings. The molecule has 0 N–H and O–H groups in total. The van der Waals surface area contributed by atoms with Crippen molar-refractivity contribution in [1.82, 2.24) is 14.5 Å². The average molecular weight is 522 g/mol. The van der Waals surface area contributed by atoms with Gasteiger partial charge >= 0.3 is 0 Å².